The Labute approximate surface area is 102 Å². The zero-order valence-corrected chi connectivity index (χ0v) is 9.29. The second kappa shape index (κ2) is 5.00. The molecule has 18 heavy (non-hydrogen) atoms. The largest absolute Gasteiger partial charge is 0.478 e. The maximum absolute atomic E-state index is 10.7. The maximum Gasteiger partial charge on any atom is 0.337 e. The number of H-pyrrole nitrogens is 2. The molecule has 2 aromatic heterocycles. The molecular weight excluding hydrogens is 234 g/mol. The second-order valence-corrected chi connectivity index (χ2v) is 3.39. The summed E-state index contributed by atoms with van der Waals surface area (Å²) in [4.78, 5) is 23.8. The Morgan fingerprint density at radius 3 is 2.78 bits per heavy atom. The first-order valence-corrected chi connectivity index (χ1v) is 5.08. The SMILES string of the molecule is Nc1nc2c(C(=O)O)cccc2[nH]1.c1c[nH]cn1. The zero-order chi connectivity index (χ0) is 13.0. The van der Waals surface area contributed by atoms with Crippen LogP contribution in [-0.2, 0) is 0 Å². The summed E-state index contributed by atoms with van der Waals surface area (Å²) in [5.41, 5.74) is 6.59. The van der Waals surface area contributed by atoms with Crippen molar-refractivity contribution in [1.29, 1.82) is 0 Å². The third kappa shape index (κ3) is 2.46. The molecule has 2 heterocycles. The topological polar surface area (TPSA) is 121 Å². The van der Waals surface area contributed by atoms with Crippen LogP contribution in [0.1, 0.15) is 10.4 Å². The lowest BCUT2D eigenvalue weighted by Gasteiger charge is -1.93. The van der Waals surface area contributed by atoms with Gasteiger partial charge in [0.2, 0.25) is 0 Å². The predicted octanol–water partition coefficient (Wildman–Crippen LogP) is 1.25. The van der Waals surface area contributed by atoms with Crippen LogP contribution in [0.5, 0.6) is 0 Å². The highest BCUT2D eigenvalue weighted by atomic mass is 16.4. The van der Waals surface area contributed by atoms with E-state index in [9.17, 15) is 4.79 Å². The van der Waals surface area contributed by atoms with E-state index in [1.807, 2.05) is 0 Å². The molecule has 0 amide bonds. The minimum Gasteiger partial charge on any atom is -0.478 e. The van der Waals surface area contributed by atoms with Gasteiger partial charge in [-0.15, -0.1) is 0 Å². The van der Waals surface area contributed by atoms with E-state index >= 15 is 0 Å². The first-order valence-electron chi connectivity index (χ1n) is 5.08. The number of carboxylic acid groups (broad SMARTS) is 1. The lowest BCUT2D eigenvalue weighted by Crippen LogP contribution is -1.96. The van der Waals surface area contributed by atoms with Crippen molar-refractivity contribution in [2.45, 2.75) is 0 Å². The van der Waals surface area contributed by atoms with Crippen molar-refractivity contribution in [3.8, 4) is 0 Å². The van der Waals surface area contributed by atoms with Gasteiger partial charge in [-0.05, 0) is 12.1 Å². The van der Waals surface area contributed by atoms with Gasteiger partial charge in [0.25, 0.3) is 0 Å². The van der Waals surface area contributed by atoms with Crippen LogP contribution in [0.15, 0.2) is 36.9 Å². The van der Waals surface area contributed by atoms with E-state index in [0.717, 1.165) is 0 Å². The van der Waals surface area contributed by atoms with E-state index in [4.69, 9.17) is 10.8 Å². The van der Waals surface area contributed by atoms with E-state index in [-0.39, 0.29) is 11.5 Å². The molecule has 0 aliphatic carbocycles. The molecular formula is C11H11N5O2. The molecule has 5 N–H and O–H groups in total. The standard InChI is InChI=1S/C8H7N3O2.C3H4N2/c9-8-10-5-3-1-2-4(7(12)13)6(5)11-8;1-2-5-3-4-1/h1-3H,(H,12,13)(H3,9,10,11);1-3H,(H,4,5). The number of anilines is 1. The average molecular weight is 245 g/mol. The van der Waals surface area contributed by atoms with Crippen molar-refractivity contribution in [2.24, 2.45) is 0 Å². The Hall–Kier alpha value is -2.83. The number of fused-ring (bicyclic) bond motifs is 1. The van der Waals surface area contributed by atoms with Crippen molar-refractivity contribution in [2.75, 3.05) is 5.73 Å². The summed E-state index contributed by atoms with van der Waals surface area (Å²) in [7, 11) is 0. The fraction of sp³-hybridized carbons (Fsp3) is 0. The van der Waals surface area contributed by atoms with Crippen LogP contribution < -0.4 is 5.73 Å². The smallest absolute Gasteiger partial charge is 0.337 e. The van der Waals surface area contributed by atoms with Gasteiger partial charge in [0.15, 0.2) is 5.95 Å². The highest BCUT2D eigenvalue weighted by Gasteiger charge is 2.10. The number of aromatic carboxylic acids is 1. The van der Waals surface area contributed by atoms with E-state index in [0.29, 0.717) is 11.0 Å². The van der Waals surface area contributed by atoms with Gasteiger partial charge in [0.1, 0.15) is 5.52 Å². The molecule has 7 heteroatoms. The van der Waals surface area contributed by atoms with Gasteiger partial charge in [0.05, 0.1) is 17.4 Å². The summed E-state index contributed by atoms with van der Waals surface area (Å²) in [6, 6.07) is 4.86. The molecule has 0 unspecified atom stereocenters. The number of nitrogens with two attached hydrogens (primary N) is 1. The predicted molar refractivity (Wildman–Crippen MR) is 66.1 cm³/mol. The van der Waals surface area contributed by atoms with Crippen LogP contribution in [0.25, 0.3) is 11.0 Å². The van der Waals surface area contributed by atoms with Crippen molar-refractivity contribution in [1.82, 2.24) is 19.9 Å². The summed E-state index contributed by atoms with van der Waals surface area (Å²) in [5, 5.41) is 8.80. The van der Waals surface area contributed by atoms with E-state index in [2.05, 4.69) is 19.9 Å². The lowest BCUT2D eigenvalue weighted by atomic mass is 10.2. The van der Waals surface area contributed by atoms with Gasteiger partial charge < -0.3 is 20.8 Å². The number of imidazole rings is 2. The minimum atomic E-state index is -1.00. The number of aromatic amines is 2. The number of nitrogens with zero attached hydrogens (tertiary/aromatic N) is 2. The monoisotopic (exact) mass is 245 g/mol. The molecule has 0 saturated carbocycles. The number of aromatic nitrogens is 4. The third-order valence-electron chi connectivity index (χ3n) is 2.17. The number of carbonyl (C=O) groups is 1. The van der Waals surface area contributed by atoms with Gasteiger partial charge in [-0.25, -0.2) is 14.8 Å². The Morgan fingerprint density at radius 1 is 1.39 bits per heavy atom. The Kier molecular flexibility index (Phi) is 3.24. The fourth-order valence-electron chi connectivity index (χ4n) is 1.44. The molecule has 0 aliphatic rings. The van der Waals surface area contributed by atoms with Gasteiger partial charge in [-0.3, -0.25) is 0 Å². The van der Waals surface area contributed by atoms with Crippen LogP contribution >= 0.6 is 0 Å². The Bertz CT molecular complexity index is 627. The first kappa shape index (κ1) is 11.6. The summed E-state index contributed by atoms with van der Waals surface area (Å²) in [6.07, 6.45) is 5.08. The number of rotatable bonds is 1. The highest BCUT2D eigenvalue weighted by molar-refractivity contribution is 6.01. The molecule has 3 rings (SSSR count). The molecule has 0 saturated heterocycles. The summed E-state index contributed by atoms with van der Waals surface area (Å²) >= 11 is 0. The number of hydrogen-bond acceptors (Lipinski definition) is 4. The fourth-order valence-corrected chi connectivity index (χ4v) is 1.44. The number of nitrogen functional groups attached to an aromatic ring is 1. The first-order chi connectivity index (χ1) is 8.68. The molecule has 0 aliphatic heterocycles. The maximum atomic E-state index is 10.7. The Morgan fingerprint density at radius 2 is 2.22 bits per heavy atom. The summed E-state index contributed by atoms with van der Waals surface area (Å²) in [6.45, 7) is 0. The highest BCUT2D eigenvalue weighted by Crippen LogP contribution is 2.16. The van der Waals surface area contributed by atoms with Crippen LogP contribution in [0, 0.1) is 0 Å². The average Bonchev–Trinajstić information content (AvgIpc) is 2.98. The number of carboxylic acids is 1. The van der Waals surface area contributed by atoms with Gasteiger partial charge >= 0.3 is 5.97 Å². The summed E-state index contributed by atoms with van der Waals surface area (Å²) in [5.74, 6) is -0.777. The van der Waals surface area contributed by atoms with Crippen molar-refractivity contribution in [3.63, 3.8) is 0 Å². The van der Waals surface area contributed by atoms with Gasteiger partial charge in [0, 0.05) is 12.4 Å². The molecule has 7 nitrogen and oxygen atoms in total. The number of benzene rings is 1. The molecule has 92 valence electrons. The van der Waals surface area contributed by atoms with Gasteiger partial charge in [-0.1, -0.05) is 6.07 Å². The normalized spacial score (nSPS) is 9.78. The quantitative estimate of drug-likeness (QED) is 0.514. The van der Waals surface area contributed by atoms with Crippen LogP contribution in [-0.4, -0.2) is 31.0 Å². The minimum absolute atomic E-state index is 0.158. The lowest BCUT2D eigenvalue weighted by molar-refractivity contribution is 0.0699. The molecule has 0 fully saturated rings. The van der Waals surface area contributed by atoms with E-state index < -0.39 is 5.97 Å². The van der Waals surface area contributed by atoms with Crippen molar-refractivity contribution < 1.29 is 9.90 Å². The van der Waals surface area contributed by atoms with E-state index in [1.165, 1.54) is 6.07 Å². The number of para-hydroxylation sites is 1. The van der Waals surface area contributed by atoms with Crippen LogP contribution in [0.2, 0.25) is 0 Å². The van der Waals surface area contributed by atoms with Crippen molar-refractivity contribution in [3.05, 3.63) is 42.5 Å². The van der Waals surface area contributed by atoms with Crippen LogP contribution in [0.3, 0.4) is 0 Å². The molecule has 3 aromatic rings. The molecule has 0 atom stereocenters. The third-order valence-corrected chi connectivity index (χ3v) is 2.17. The molecule has 0 radical (unpaired) electrons. The number of nitrogens with one attached hydrogen (secondary N) is 2. The molecule has 0 spiro atoms. The van der Waals surface area contributed by atoms with E-state index in [1.54, 1.807) is 30.9 Å². The summed E-state index contributed by atoms with van der Waals surface area (Å²) < 4.78 is 0. The molecule has 1 aromatic carbocycles. The number of hydrogen-bond donors (Lipinski definition) is 4. The zero-order valence-electron chi connectivity index (χ0n) is 9.29. The second-order valence-electron chi connectivity index (χ2n) is 3.39. The molecule has 0 bridgehead atoms. The van der Waals surface area contributed by atoms with Crippen molar-refractivity contribution >= 4 is 23.0 Å². The van der Waals surface area contributed by atoms with Gasteiger partial charge in [-0.2, -0.15) is 0 Å². The van der Waals surface area contributed by atoms with Crippen LogP contribution in [0.4, 0.5) is 5.95 Å². The Balaban J connectivity index is 0.000000202.